The number of rotatable bonds is 2. The average molecular weight is 364 g/mol. The molecular weight excluding hydrogens is 340 g/mol. The van der Waals surface area contributed by atoms with E-state index in [0.29, 0.717) is 5.92 Å². The number of hydrogen-bond acceptors (Lipinski definition) is 2. The largest absolute Gasteiger partial charge is 0.249 e. The lowest BCUT2D eigenvalue weighted by atomic mass is 9.82. The summed E-state index contributed by atoms with van der Waals surface area (Å²) < 4.78 is 0. The van der Waals surface area contributed by atoms with Crippen LogP contribution in [0.15, 0.2) is 66.7 Å². The minimum Gasteiger partial charge on any atom is -0.249 e. The van der Waals surface area contributed by atoms with Crippen molar-refractivity contribution in [2.75, 3.05) is 0 Å². The first-order chi connectivity index (χ1) is 13.5. The highest BCUT2D eigenvalue weighted by Gasteiger charge is 2.35. The normalized spacial score (nSPS) is 14.3. The predicted octanol–water partition coefficient (Wildman–Crippen LogP) is 6.73. The lowest BCUT2D eigenvalue weighted by Crippen LogP contribution is -2.14. The number of para-hydroxylation sites is 2. The van der Waals surface area contributed by atoms with Crippen molar-refractivity contribution >= 4 is 11.0 Å². The Morgan fingerprint density at radius 2 is 1.36 bits per heavy atom. The Bertz CT molecular complexity index is 1220. The fraction of sp³-hybridized carbons (Fsp3) is 0.231. The monoisotopic (exact) mass is 364 g/mol. The Kier molecular flexibility index (Phi) is 3.67. The van der Waals surface area contributed by atoms with Gasteiger partial charge in [-0.05, 0) is 46.4 Å². The van der Waals surface area contributed by atoms with Crippen molar-refractivity contribution in [1.29, 1.82) is 0 Å². The van der Waals surface area contributed by atoms with Crippen molar-refractivity contribution in [3.8, 4) is 22.4 Å². The van der Waals surface area contributed by atoms with Crippen LogP contribution in [0.4, 0.5) is 0 Å². The van der Waals surface area contributed by atoms with Crippen molar-refractivity contribution in [2.45, 2.75) is 39.0 Å². The SMILES string of the molecule is CC(C)c1nc2ccccc2nc1-c1ccc2c(c1)-c1ccccc1C2(C)C. The van der Waals surface area contributed by atoms with Crippen molar-refractivity contribution in [2.24, 2.45) is 0 Å². The van der Waals surface area contributed by atoms with Crippen molar-refractivity contribution < 1.29 is 0 Å². The molecule has 138 valence electrons. The number of fused-ring (bicyclic) bond motifs is 4. The first kappa shape index (κ1) is 17.1. The lowest BCUT2D eigenvalue weighted by Gasteiger charge is -2.21. The fourth-order valence-electron chi connectivity index (χ4n) is 4.50. The fourth-order valence-corrected chi connectivity index (χ4v) is 4.50. The van der Waals surface area contributed by atoms with E-state index < -0.39 is 0 Å². The van der Waals surface area contributed by atoms with Crippen LogP contribution in [0, 0.1) is 0 Å². The van der Waals surface area contributed by atoms with Gasteiger partial charge in [-0.1, -0.05) is 76.2 Å². The summed E-state index contributed by atoms with van der Waals surface area (Å²) in [7, 11) is 0. The maximum Gasteiger partial charge on any atom is 0.0928 e. The average Bonchev–Trinajstić information content (AvgIpc) is 2.94. The third kappa shape index (κ3) is 2.41. The molecule has 0 radical (unpaired) electrons. The van der Waals surface area contributed by atoms with Gasteiger partial charge in [-0.25, -0.2) is 9.97 Å². The van der Waals surface area contributed by atoms with E-state index in [0.717, 1.165) is 28.0 Å². The van der Waals surface area contributed by atoms with Gasteiger partial charge in [-0.2, -0.15) is 0 Å². The predicted molar refractivity (Wildman–Crippen MR) is 117 cm³/mol. The first-order valence-electron chi connectivity index (χ1n) is 9.98. The molecule has 0 atom stereocenters. The van der Waals surface area contributed by atoms with Gasteiger partial charge in [-0.15, -0.1) is 0 Å². The molecule has 28 heavy (non-hydrogen) atoms. The molecule has 1 aliphatic carbocycles. The Morgan fingerprint density at radius 3 is 2.11 bits per heavy atom. The number of hydrogen-bond donors (Lipinski definition) is 0. The maximum atomic E-state index is 5.02. The molecule has 3 aromatic carbocycles. The Labute approximate surface area is 166 Å². The van der Waals surface area contributed by atoms with Crippen molar-refractivity contribution in [1.82, 2.24) is 9.97 Å². The summed E-state index contributed by atoms with van der Waals surface area (Å²) in [5, 5.41) is 0. The van der Waals surface area contributed by atoms with Gasteiger partial charge in [0.15, 0.2) is 0 Å². The van der Waals surface area contributed by atoms with Crippen LogP contribution in [0.25, 0.3) is 33.4 Å². The Morgan fingerprint density at radius 1 is 0.714 bits per heavy atom. The van der Waals surface area contributed by atoms with E-state index in [-0.39, 0.29) is 5.41 Å². The summed E-state index contributed by atoms with van der Waals surface area (Å²) in [6.45, 7) is 9.00. The van der Waals surface area contributed by atoms with Crippen LogP contribution in [-0.4, -0.2) is 9.97 Å². The van der Waals surface area contributed by atoms with E-state index in [4.69, 9.17) is 9.97 Å². The standard InChI is InChI=1S/C26H24N2/c1-16(2)24-25(28-23-12-8-7-11-22(23)27-24)17-13-14-21-19(15-17)18-9-5-6-10-20(18)26(21,3)4/h5-16H,1-4H3. The van der Waals surface area contributed by atoms with Crippen LogP contribution in [0.3, 0.4) is 0 Å². The first-order valence-corrected chi connectivity index (χ1v) is 9.98. The third-order valence-electron chi connectivity index (χ3n) is 6.00. The molecular formula is C26H24N2. The van der Waals surface area contributed by atoms with Crippen LogP contribution >= 0.6 is 0 Å². The highest BCUT2D eigenvalue weighted by Crippen LogP contribution is 2.49. The van der Waals surface area contributed by atoms with Gasteiger partial charge in [0.05, 0.1) is 22.4 Å². The van der Waals surface area contributed by atoms with E-state index in [9.17, 15) is 0 Å². The van der Waals surface area contributed by atoms with Crippen LogP contribution < -0.4 is 0 Å². The minimum absolute atomic E-state index is 0.0282. The third-order valence-corrected chi connectivity index (χ3v) is 6.00. The molecule has 1 aromatic heterocycles. The molecule has 0 saturated carbocycles. The molecule has 0 aliphatic heterocycles. The van der Waals surface area contributed by atoms with Crippen LogP contribution in [0.2, 0.25) is 0 Å². The zero-order valence-corrected chi connectivity index (χ0v) is 16.8. The van der Waals surface area contributed by atoms with Gasteiger partial charge in [0.2, 0.25) is 0 Å². The zero-order chi connectivity index (χ0) is 19.5. The van der Waals surface area contributed by atoms with Gasteiger partial charge in [0.25, 0.3) is 0 Å². The molecule has 0 unspecified atom stereocenters. The Balaban J connectivity index is 1.76. The molecule has 2 nitrogen and oxygen atoms in total. The summed E-state index contributed by atoms with van der Waals surface area (Å²) in [4.78, 5) is 9.98. The molecule has 0 fully saturated rings. The molecule has 4 aromatic rings. The van der Waals surface area contributed by atoms with Gasteiger partial charge in [0, 0.05) is 11.0 Å². The van der Waals surface area contributed by atoms with Crippen LogP contribution in [0.1, 0.15) is 50.4 Å². The minimum atomic E-state index is 0.0282. The van der Waals surface area contributed by atoms with E-state index >= 15 is 0 Å². The second-order valence-corrected chi connectivity index (χ2v) is 8.53. The van der Waals surface area contributed by atoms with Gasteiger partial charge in [-0.3, -0.25) is 0 Å². The molecule has 0 N–H and O–H groups in total. The van der Waals surface area contributed by atoms with Gasteiger partial charge >= 0.3 is 0 Å². The molecule has 0 amide bonds. The number of aromatic nitrogens is 2. The number of benzene rings is 3. The van der Waals surface area contributed by atoms with Gasteiger partial charge < -0.3 is 0 Å². The molecule has 2 heteroatoms. The molecule has 0 spiro atoms. The molecule has 1 heterocycles. The van der Waals surface area contributed by atoms with Gasteiger partial charge in [0.1, 0.15) is 0 Å². The van der Waals surface area contributed by atoms with Crippen LogP contribution in [-0.2, 0) is 5.41 Å². The summed E-state index contributed by atoms with van der Waals surface area (Å²) in [6.07, 6.45) is 0. The van der Waals surface area contributed by atoms with E-state index in [1.807, 2.05) is 24.3 Å². The summed E-state index contributed by atoms with van der Waals surface area (Å²) >= 11 is 0. The molecule has 0 bridgehead atoms. The molecule has 5 rings (SSSR count). The lowest BCUT2D eigenvalue weighted by molar-refractivity contribution is 0.660. The van der Waals surface area contributed by atoms with E-state index in [1.54, 1.807) is 0 Å². The zero-order valence-electron chi connectivity index (χ0n) is 16.8. The topological polar surface area (TPSA) is 25.8 Å². The number of nitrogens with zero attached hydrogens (tertiary/aromatic N) is 2. The smallest absolute Gasteiger partial charge is 0.0928 e. The highest BCUT2D eigenvalue weighted by atomic mass is 14.8. The molecule has 1 aliphatic rings. The summed E-state index contributed by atoms with van der Waals surface area (Å²) in [5.74, 6) is 0.309. The second kappa shape index (κ2) is 6.00. The Hall–Kier alpha value is -3.00. The summed E-state index contributed by atoms with van der Waals surface area (Å²) in [6, 6.07) is 23.7. The highest BCUT2D eigenvalue weighted by molar-refractivity contribution is 5.85. The van der Waals surface area contributed by atoms with Crippen molar-refractivity contribution in [3.05, 3.63) is 83.6 Å². The molecule has 0 saturated heterocycles. The van der Waals surface area contributed by atoms with Crippen molar-refractivity contribution in [3.63, 3.8) is 0 Å². The maximum absolute atomic E-state index is 5.02. The summed E-state index contributed by atoms with van der Waals surface area (Å²) in [5.41, 5.74) is 10.6. The van der Waals surface area contributed by atoms with E-state index in [1.165, 1.54) is 22.3 Å². The second-order valence-electron chi connectivity index (χ2n) is 8.53. The van der Waals surface area contributed by atoms with E-state index in [2.05, 4.69) is 70.2 Å². The van der Waals surface area contributed by atoms with Crippen LogP contribution in [0.5, 0.6) is 0 Å². The quantitative estimate of drug-likeness (QED) is 0.394.